The molecular weight excluding hydrogens is 406 g/mol. The van der Waals surface area contributed by atoms with Gasteiger partial charge in [-0.25, -0.2) is 0 Å². The number of hydrogen-bond acceptors (Lipinski definition) is 5. The normalized spacial score (nSPS) is 13.9. The van der Waals surface area contributed by atoms with Crippen molar-refractivity contribution < 1.29 is 4.79 Å². The number of aryl methyl sites for hydroxylation is 2. The number of amides is 1. The van der Waals surface area contributed by atoms with E-state index in [-0.39, 0.29) is 11.7 Å². The Hall–Kier alpha value is -2.80. The Morgan fingerprint density at radius 3 is 2.55 bits per heavy atom. The van der Waals surface area contributed by atoms with Gasteiger partial charge < -0.3 is 10.2 Å². The van der Waals surface area contributed by atoms with Crippen molar-refractivity contribution in [3.05, 3.63) is 59.7 Å². The molecule has 7 heteroatoms. The standard InChI is InChI=1S/C24H29N5OS/c1-3-19-12-10-11-18(2)22(19)25-21(30)17-31-24-27-26-23(28-15-8-5-9-16-28)29(24)20-13-6-4-7-14-20/h4,6-7,10-14H,3,5,8-9,15-17H2,1-2H3,(H,25,30). The van der Waals surface area contributed by atoms with E-state index in [0.29, 0.717) is 0 Å². The summed E-state index contributed by atoms with van der Waals surface area (Å²) in [5.41, 5.74) is 4.17. The average Bonchev–Trinajstić information content (AvgIpc) is 3.24. The van der Waals surface area contributed by atoms with E-state index in [2.05, 4.69) is 50.1 Å². The number of nitrogens with one attached hydrogen (secondary N) is 1. The fraction of sp³-hybridized carbons (Fsp3) is 0.375. The lowest BCUT2D eigenvalue weighted by Crippen LogP contribution is -2.31. The van der Waals surface area contributed by atoms with Gasteiger partial charge in [0.1, 0.15) is 0 Å². The minimum Gasteiger partial charge on any atom is -0.341 e. The zero-order chi connectivity index (χ0) is 21.6. The van der Waals surface area contributed by atoms with Crippen LogP contribution in [0.3, 0.4) is 0 Å². The second kappa shape index (κ2) is 10.0. The number of rotatable bonds is 7. The second-order valence-electron chi connectivity index (χ2n) is 7.80. The van der Waals surface area contributed by atoms with Gasteiger partial charge in [0, 0.05) is 18.8 Å². The lowest BCUT2D eigenvalue weighted by molar-refractivity contribution is -0.113. The molecule has 6 nitrogen and oxygen atoms in total. The van der Waals surface area contributed by atoms with Gasteiger partial charge in [0.15, 0.2) is 5.16 Å². The molecule has 4 rings (SSSR count). The Labute approximate surface area is 188 Å². The third kappa shape index (κ3) is 4.93. The molecule has 162 valence electrons. The third-order valence-corrected chi connectivity index (χ3v) is 6.54. The van der Waals surface area contributed by atoms with Gasteiger partial charge in [-0.2, -0.15) is 0 Å². The van der Waals surface area contributed by atoms with Crippen LogP contribution in [0.5, 0.6) is 0 Å². The van der Waals surface area contributed by atoms with E-state index in [4.69, 9.17) is 0 Å². The van der Waals surface area contributed by atoms with Crippen molar-refractivity contribution in [3.63, 3.8) is 0 Å². The van der Waals surface area contributed by atoms with Gasteiger partial charge in [0.2, 0.25) is 11.9 Å². The number of para-hydroxylation sites is 2. The summed E-state index contributed by atoms with van der Waals surface area (Å²) >= 11 is 1.42. The van der Waals surface area contributed by atoms with Crippen molar-refractivity contribution in [1.82, 2.24) is 14.8 Å². The minimum atomic E-state index is -0.0314. The fourth-order valence-corrected chi connectivity index (χ4v) is 4.71. The summed E-state index contributed by atoms with van der Waals surface area (Å²) in [5.74, 6) is 1.11. The molecule has 0 spiro atoms. The van der Waals surface area contributed by atoms with E-state index in [0.717, 1.165) is 53.1 Å². The molecule has 1 aliphatic heterocycles. The molecule has 1 N–H and O–H groups in total. The molecule has 0 radical (unpaired) electrons. The van der Waals surface area contributed by atoms with E-state index in [1.165, 1.54) is 31.0 Å². The summed E-state index contributed by atoms with van der Waals surface area (Å²) in [7, 11) is 0. The van der Waals surface area contributed by atoms with Crippen LogP contribution in [-0.4, -0.2) is 39.5 Å². The Morgan fingerprint density at radius 1 is 1.03 bits per heavy atom. The van der Waals surface area contributed by atoms with Crippen LogP contribution < -0.4 is 10.2 Å². The summed E-state index contributed by atoms with van der Waals surface area (Å²) < 4.78 is 2.08. The van der Waals surface area contributed by atoms with Crippen LogP contribution in [0.1, 0.15) is 37.3 Å². The van der Waals surface area contributed by atoms with Gasteiger partial charge in [0.05, 0.1) is 11.4 Å². The summed E-state index contributed by atoms with van der Waals surface area (Å²) in [6.45, 7) is 6.11. The molecule has 2 aromatic carbocycles. The van der Waals surface area contributed by atoms with Crippen molar-refractivity contribution in [1.29, 1.82) is 0 Å². The predicted octanol–water partition coefficient (Wildman–Crippen LogP) is 4.86. The number of benzene rings is 2. The maximum Gasteiger partial charge on any atom is 0.234 e. The fourth-order valence-electron chi connectivity index (χ4n) is 3.97. The van der Waals surface area contributed by atoms with Gasteiger partial charge in [-0.1, -0.05) is 55.1 Å². The smallest absolute Gasteiger partial charge is 0.234 e. The Bertz CT molecular complexity index is 1030. The zero-order valence-electron chi connectivity index (χ0n) is 18.2. The first-order valence-electron chi connectivity index (χ1n) is 10.9. The molecule has 1 fully saturated rings. The van der Waals surface area contributed by atoms with Gasteiger partial charge >= 0.3 is 0 Å². The Kier molecular flexibility index (Phi) is 6.92. The highest BCUT2D eigenvalue weighted by molar-refractivity contribution is 7.99. The number of nitrogens with zero attached hydrogens (tertiary/aromatic N) is 4. The molecule has 1 amide bonds. The van der Waals surface area contributed by atoms with Crippen molar-refractivity contribution in [2.75, 3.05) is 29.1 Å². The van der Waals surface area contributed by atoms with Crippen LogP contribution in [0.4, 0.5) is 11.6 Å². The van der Waals surface area contributed by atoms with E-state index in [9.17, 15) is 4.79 Å². The molecule has 0 unspecified atom stereocenters. The van der Waals surface area contributed by atoms with Crippen LogP contribution in [0.2, 0.25) is 0 Å². The lowest BCUT2D eigenvalue weighted by Gasteiger charge is -2.27. The van der Waals surface area contributed by atoms with Crippen LogP contribution in [0, 0.1) is 6.92 Å². The largest absolute Gasteiger partial charge is 0.341 e. The molecule has 31 heavy (non-hydrogen) atoms. The van der Waals surface area contributed by atoms with E-state index in [1.807, 2.05) is 37.3 Å². The SMILES string of the molecule is CCc1cccc(C)c1NC(=O)CSc1nnc(N2CCCCC2)n1-c1ccccc1. The molecule has 1 aliphatic rings. The van der Waals surface area contributed by atoms with Gasteiger partial charge in [0.25, 0.3) is 0 Å². The third-order valence-electron chi connectivity index (χ3n) is 5.61. The lowest BCUT2D eigenvalue weighted by atomic mass is 10.1. The van der Waals surface area contributed by atoms with Crippen LogP contribution in [0.25, 0.3) is 5.69 Å². The molecule has 2 heterocycles. The summed E-state index contributed by atoms with van der Waals surface area (Å²) in [6.07, 6.45) is 4.48. The van der Waals surface area contributed by atoms with Crippen LogP contribution in [0.15, 0.2) is 53.7 Å². The maximum atomic E-state index is 12.8. The number of hydrogen-bond donors (Lipinski definition) is 1. The van der Waals surface area contributed by atoms with Crippen molar-refractivity contribution in [2.45, 2.75) is 44.7 Å². The molecule has 0 saturated carbocycles. The van der Waals surface area contributed by atoms with E-state index in [1.54, 1.807) is 0 Å². The topological polar surface area (TPSA) is 63.1 Å². The molecule has 0 bridgehead atoms. The minimum absolute atomic E-state index is 0.0314. The number of piperidine rings is 1. The number of aromatic nitrogens is 3. The monoisotopic (exact) mass is 435 g/mol. The van der Waals surface area contributed by atoms with Crippen molar-refractivity contribution >= 4 is 29.3 Å². The van der Waals surface area contributed by atoms with Crippen LogP contribution in [-0.2, 0) is 11.2 Å². The highest BCUT2D eigenvalue weighted by Crippen LogP contribution is 2.29. The maximum absolute atomic E-state index is 12.8. The number of carbonyl (C=O) groups is 1. The van der Waals surface area contributed by atoms with Crippen molar-refractivity contribution in [3.8, 4) is 5.69 Å². The summed E-state index contributed by atoms with van der Waals surface area (Å²) in [5, 5.41) is 12.8. The van der Waals surface area contributed by atoms with E-state index < -0.39 is 0 Å². The number of thioether (sulfide) groups is 1. The second-order valence-corrected chi connectivity index (χ2v) is 8.74. The van der Waals surface area contributed by atoms with E-state index >= 15 is 0 Å². The number of carbonyl (C=O) groups excluding carboxylic acids is 1. The van der Waals surface area contributed by atoms with Crippen LogP contribution >= 0.6 is 11.8 Å². The predicted molar refractivity (Wildman–Crippen MR) is 127 cm³/mol. The summed E-state index contributed by atoms with van der Waals surface area (Å²) in [6, 6.07) is 16.3. The molecule has 0 aliphatic carbocycles. The molecule has 0 atom stereocenters. The van der Waals surface area contributed by atoms with Crippen molar-refractivity contribution in [2.24, 2.45) is 0 Å². The molecule has 3 aromatic rings. The zero-order valence-corrected chi connectivity index (χ0v) is 19.0. The Balaban J connectivity index is 1.53. The first-order chi connectivity index (χ1) is 15.2. The summed E-state index contributed by atoms with van der Waals surface area (Å²) in [4.78, 5) is 15.1. The number of anilines is 2. The highest BCUT2D eigenvalue weighted by atomic mass is 32.2. The first-order valence-corrected chi connectivity index (χ1v) is 11.9. The first kappa shape index (κ1) is 21.4. The Morgan fingerprint density at radius 2 is 1.81 bits per heavy atom. The molecular formula is C24H29N5OS. The average molecular weight is 436 g/mol. The van der Waals surface area contributed by atoms with Gasteiger partial charge in [-0.05, 0) is 55.9 Å². The molecule has 1 aromatic heterocycles. The quantitative estimate of drug-likeness (QED) is 0.537. The van der Waals surface area contributed by atoms with Gasteiger partial charge in [-0.15, -0.1) is 10.2 Å². The molecule has 1 saturated heterocycles. The van der Waals surface area contributed by atoms with Gasteiger partial charge in [-0.3, -0.25) is 9.36 Å². The highest BCUT2D eigenvalue weighted by Gasteiger charge is 2.22.